The number of hydrogen-bond acceptors (Lipinski definition) is 12. The molecule has 0 amide bonds. The standard InChI is InChI=1S/6CHNO.3Na.3H/c6*2-1-3;;;;;;/h6*3H;;;;;;/q;;;;;;3*+1;3*-1. The Bertz CT molecular complexity index is 276. The van der Waals surface area contributed by atoms with Crippen molar-refractivity contribution in [3.63, 3.8) is 0 Å². The molecule has 0 aromatic carbocycles. The number of nitriles is 6. The van der Waals surface area contributed by atoms with Crippen LogP contribution in [0.3, 0.4) is 0 Å². The molecule has 15 heteroatoms. The third-order valence-corrected chi connectivity index (χ3v) is 0. The molecule has 0 aromatic rings. The summed E-state index contributed by atoms with van der Waals surface area (Å²) in [6.07, 6.45) is 4.50. The molecule has 0 rings (SSSR count). The molecule has 0 radical (unpaired) electrons. The first-order valence-corrected chi connectivity index (χ1v) is 2.68. The molecule has 0 aliphatic carbocycles. The monoisotopic (exact) mass is 330 g/mol. The average molecular weight is 330 g/mol. The minimum atomic E-state index is 0. The maximum atomic E-state index is 6.88. The van der Waals surface area contributed by atoms with Gasteiger partial charge >= 0.3 is 88.7 Å². The van der Waals surface area contributed by atoms with Crippen molar-refractivity contribution in [1.29, 1.82) is 31.6 Å². The number of hydrogen-bond donors (Lipinski definition) is 6. The smallest absolute Gasteiger partial charge is 1.00 e. The van der Waals surface area contributed by atoms with Gasteiger partial charge in [-0.2, -0.15) is 31.6 Å². The summed E-state index contributed by atoms with van der Waals surface area (Å²) in [4.78, 5) is 0. The molecular formula is C6H9N6Na3O6. The Morgan fingerprint density at radius 2 is 0.381 bits per heavy atom. The van der Waals surface area contributed by atoms with Gasteiger partial charge in [0.15, 0.2) is 0 Å². The van der Waals surface area contributed by atoms with Crippen LogP contribution in [0.25, 0.3) is 0 Å². The maximum Gasteiger partial charge on any atom is 1.00 e. The summed E-state index contributed by atoms with van der Waals surface area (Å²) in [5.41, 5.74) is 0. The van der Waals surface area contributed by atoms with E-state index in [-0.39, 0.29) is 93.0 Å². The van der Waals surface area contributed by atoms with Crippen LogP contribution >= 0.6 is 0 Å². The summed E-state index contributed by atoms with van der Waals surface area (Å²) in [5.74, 6) is 0. The van der Waals surface area contributed by atoms with Crippen molar-refractivity contribution < 1.29 is 124 Å². The fraction of sp³-hybridized carbons (Fsp3) is 0. The van der Waals surface area contributed by atoms with Gasteiger partial charge in [-0.3, -0.25) is 0 Å². The number of aliphatic hydroxyl groups excluding tert-OH is 6. The molecule has 0 heterocycles. The fourth-order valence-corrected chi connectivity index (χ4v) is 0. The maximum absolute atomic E-state index is 6.88. The molecular weight excluding hydrogens is 321 g/mol. The van der Waals surface area contributed by atoms with E-state index in [0.717, 1.165) is 37.5 Å². The number of rotatable bonds is 0. The van der Waals surface area contributed by atoms with Gasteiger partial charge in [0.05, 0.1) is 0 Å². The van der Waals surface area contributed by atoms with E-state index >= 15 is 0 Å². The predicted octanol–water partition coefficient (Wildman–Crippen LogP) is -9.61. The Morgan fingerprint density at radius 1 is 0.381 bits per heavy atom. The summed E-state index contributed by atoms with van der Waals surface area (Å²) in [5, 5.41) is 82.5. The van der Waals surface area contributed by atoms with Crippen LogP contribution in [-0.2, 0) is 0 Å². The van der Waals surface area contributed by atoms with Crippen LogP contribution in [0.2, 0.25) is 0 Å². The van der Waals surface area contributed by atoms with Crippen LogP contribution in [0.5, 0.6) is 0 Å². The van der Waals surface area contributed by atoms with Gasteiger partial charge in [0.25, 0.3) is 37.5 Å². The SMILES string of the molecule is N#CO.N#CO.N#CO.N#CO.N#CO.N#CO.[H-].[H-].[H-].[Na+].[Na+].[Na+]. The van der Waals surface area contributed by atoms with Gasteiger partial charge < -0.3 is 34.9 Å². The minimum absolute atomic E-state index is 0. The Kier molecular flexibility index (Phi) is 751. The summed E-state index contributed by atoms with van der Waals surface area (Å²) >= 11 is 0. The molecule has 0 bridgehead atoms. The van der Waals surface area contributed by atoms with Crippen molar-refractivity contribution in [2.45, 2.75) is 0 Å². The molecule has 0 saturated carbocycles. The van der Waals surface area contributed by atoms with Gasteiger partial charge in [0.2, 0.25) is 0 Å². The van der Waals surface area contributed by atoms with Crippen molar-refractivity contribution in [2.75, 3.05) is 0 Å². The molecule has 6 N–H and O–H groups in total. The van der Waals surface area contributed by atoms with Crippen molar-refractivity contribution >= 4 is 0 Å². The van der Waals surface area contributed by atoms with E-state index in [9.17, 15) is 0 Å². The zero-order chi connectivity index (χ0) is 16.2. The van der Waals surface area contributed by atoms with Crippen molar-refractivity contribution in [2.24, 2.45) is 0 Å². The van der Waals surface area contributed by atoms with E-state index in [4.69, 9.17) is 62.2 Å². The van der Waals surface area contributed by atoms with Gasteiger partial charge in [-0.25, -0.2) is 0 Å². The Morgan fingerprint density at radius 3 is 0.381 bits per heavy atom. The minimum Gasteiger partial charge on any atom is -1.00 e. The Labute approximate surface area is 190 Å². The molecule has 0 atom stereocenters. The molecule has 0 spiro atoms. The first-order chi connectivity index (χ1) is 8.49. The largest absolute Gasteiger partial charge is 1.00 e. The second-order valence-electron chi connectivity index (χ2n) is 0.600. The second kappa shape index (κ2) is 262. The van der Waals surface area contributed by atoms with E-state index < -0.39 is 0 Å². The average Bonchev–Trinajstić information content (AvgIpc) is 2.23. The van der Waals surface area contributed by atoms with Gasteiger partial charge in [-0.15, -0.1) is 0 Å². The van der Waals surface area contributed by atoms with Gasteiger partial charge in [-0.05, 0) is 0 Å². The summed E-state index contributed by atoms with van der Waals surface area (Å²) in [7, 11) is 0. The number of aliphatic hydroxyl groups is 6. The summed E-state index contributed by atoms with van der Waals surface area (Å²) in [6, 6.07) is 0. The molecule has 0 aliphatic rings. The Hall–Kier alpha value is -1.26. The first-order valence-electron chi connectivity index (χ1n) is 2.68. The molecule has 12 nitrogen and oxygen atoms in total. The molecule has 0 fully saturated rings. The Balaban J connectivity index is -0.00000000686. The quantitative estimate of drug-likeness (QED) is 0.178. The number of nitrogens with zero attached hydrogens (tertiary/aromatic N) is 6. The normalized spacial score (nSPS) is 2.00. The topological polar surface area (TPSA) is 264 Å². The van der Waals surface area contributed by atoms with Gasteiger partial charge in [0.1, 0.15) is 0 Å². The summed E-state index contributed by atoms with van der Waals surface area (Å²) < 4.78 is 0. The van der Waals surface area contributed by atoms with Crippen LogP contribution in [0, 0.1) is 69.1 Å². The molecule has 0 aromatic heterocycles. The molecule has 102 valence electrons. The first kappa shape index (κ1) is 60.1. The van der Waals surface area contributed by atoms with E-state index in [1.165, 1.54) is 0 Å². The van der Waals surface area contributed by atoms with Crippen LogP contribution in [0.1, 0.15) is 4.28 Å². The third-order valence-electron chi connectivity index (χ3n) is 0. The van der Waals surface area contributed by atoms with Crippen molar-refractivity contribution in [3.05, 3.63) is 0 Å². The van der Waals surface area contributed by atoms with E-state index in [1.807, 2.05) is 0 Å². The molecule has 0 aliphatic heterocycles. The van der Waals surface area contributed by atoms with Crippen LogP contribution in [0.4, 0.5) is 0 Å². The zero-order valence-electron chi connectivity index (χ0n) is 14.4. The van der Waals surface area contributed by atoms with Crippen molar-refractivity contribution in [1.82, 2.24) is 0 Å². The van der Waals surface area contributed by atoms with Gasteiger partial charge in [-0.1, -0.05) is 0 Å². The van der Waals surface area contributed by atoms with Crippen molar-refractivity contribution in [3.8, 4) is 37.5 Å². The molecule has 0 unspecified atom stereocenters. The third kappa shape index (κ3) is 3310. The van der Waals surface area contributed by atoms with Crippen LogP contribution in [-0.4, -0.2) is 30.6 Å². The molecule has 0 saturated heterocycles. The van der Waals surface area contributed by atoms with Gasteiger partial charge in [0, 0.05) is 0 Å². The molecule has 21 heavy (non-hydrogen) atoms. The predicted molar refractivity (Wildman–Crippen MR) is 48.6 cm³/mol. The van der Waals surface area contributed by atoms with E-state index in [0.29, 0.717) is 0 Å². The van der Waals surface area contributed by atoms with Crippen LogP contribution < -0.4 is 88.7 Å². The van der Waals surface area contributed by atoms with E-state index in [2.05, 4.69) is 0 Å². The summed E-state index contributed by atoms with van der Waals surface area (Å²) in [6.45, 7) is 0. The van der Waals surface area contributed by atoms with Crippen LogP contribution in [0.15, 0.2) is 0 Å². The zero-order valence-corrected chi connectivity index (χ0v) is 17.4. The fourth-order valence-electron chi connectivity index (χ4n) is 0. The van der Waals surface area contributed by atoms with E-state index in [1.54, 1.807) is 0 Å². The second-order valence-corrected chi connectivity index (χ2v) is 0.600.